The summed E-state index contributed by atoms with van der Waals surface area (Å²) >= 11 is 4.06. The Kier molecular flexibility index (Phi) is 5.18. The van der Waals surface area contributed by atoms with Crippen molar-refractivity contribution >= 4 is 12.6 Å². The van der Waals surface area contributed by atoms with Crippen LogP contribution >= 0.6 is 12.6 Å². The lowest BCUT2D eigenvalue weighted by Gasteiger charge is -2.13. The predicted molar refractivity (Wildman–Crippen MR) is 64.8 cm³/mol. The van der Waals surface area contributed by atoms with Crippen LogP contribution in [0.3, 0.4) is 0 Å². The van der Waals surface area contributed by atoms with Crippen molar-refractivity contribution in [2.24, 2.45) is 0 Å². The smallest absolute Gasteiger partial charge is 0.416 e. The summed E-state index contributed by atoms with van der Waals surface area (Å²) in [4.78, 5) is 0. The van der Waals surface area contributed by atoms with Gasteiger partial charge >= 0.3 is 6.18 Å². The highest BCUT2D eigenvalue weighted by Crippen LogP contribution is 2.33. The Hall–Kier alpha value is -0.840. The molecule has 0 unspecified atom stereocenters. The van der Waals surface area contributed by atoms with Crippen LogP contribution in [-0.2, 0) is 12.6 Å². The fourth-order valence-corrected chi connectivity index (χ4v) is 1.68. The van der Waals surface area contributed by atoms with Gasteiger partial charge in [0.05, 0.1) is 12.2 Å². The third kappa shape index (κ3) is 4.15. The molecule has 1 nitrogen and oxygen atoms in total. The van der Waals surface area contributed by atoms with E-state index in [4.69, 9.17) is 4.74 Å². The van der Waals surface area contributed by atoms with Gasteiger partial charge in [0.2, 0.25) is 0 Å². The highest BCUT2D eigenvalue weighted by Gasteiger charge is 2.31. The van der Waals surface area contributed by atoms with E-state index in [-0.39, 0.29) is 0 Å². The zero-order chi connectivity index (χ0) is 12.9. The van der Waals surface area contributed by atoms with Gasteiger partial charge in [0.15, 0.2) is 0 Å². The number of rotatable bonds is 5. The molecular weight excluding hydrogens is 249 g/mol. The summed E-state index contributed by atoms with van der Waals surface area (Å²) in [6.07, 6.45) is -3.03. The molecule has 17 heavy (non-hydrogen) atoms. The van der Waals surface area contributed by atoms with Crippen LogP contribution in [0, 0.1) is 0 Å². The number of ether oxygens (including phenoxy) is 1. The molecule has 0 aliphatic heterocycles. The number of benzene rings is 1. The van der Waals surface area contributed by atoms with Crippen molar-refractivity contribution < 1.29 is 17.9 Å². The van der Waals surface area contributed by atoms with Gasteiger partial charge in [0.25, 0.3) is 0 Å². The van der Waals surface area contributed by atoms with E-state index in [1.54, 1.807) is 6.92 Å². The quantitative estimate of drug-likeness (QED) is 0.792. The summed E-state index contributed by atoms with van der Waals surface area (Å²) < 4.78 is 43.0. The Morgan fingerprint density at radius 2 is 2.00 bits per heavy atom. The van der Waals surface area contributed by atoms with Crippen LogP contribution in [0.15, 0.2) is 18.2 Å². The van der Waals surface area contributed by atoms with Gasteiger partial charge in [0.1, 0.15) is 5.75 Å². The monoisotopic (exact) mass is 264 g/mol. The first-order valence-electron chi connectivity index (χ1n) is 5.42. The van der Waals surface area contributed by atoms with E-state index in [9.17, 15) is 13.2 Å². The molecule has 0 heterocycles. The standard InChI is InChI=1S/C12H15F3OS/c1-2-16-11-6-5-10(12(13,14)15)8-9(11)4-3-7-17/h5-6,8,17H,2-4,7H2,1H3. The van der Waals surface area contributed by atoms with Gasteiger partial charge in [-0.1, -0.05) is 0 Å². The number of hydrogen-bond donors (Lipinski definition) is 1. The van der Waals surface area contributed by atoms with E-state index in [0.717, 1.165) is 18.6 Å². The van der Waals surface area contributed by atoms with Crippen molar-refractivity contribution in [1.29, 1.82) is 0 Å². The minimum Gasteiger partial charge on any atom is -0.494 e. The second-order valence-corrected chi connectivity index (χ2v) is 4.03. The number of halogens is 3. The van der Waals surface area contributed by atoms with Crippen molar-refractivity contribution in [3.05, 3.63) is 29.3 Å². The van der Waals surface area contributed by atoms with Gasteiger partial charge in [-0.3, -0.25) is 0 Å². The maximum atomic E-state index is 12.6. The van der Waals surface area contributed by atoms with E-state index in [0.29, 0.717) is 30.1 Å². The molecule has 0 aromatic heterocycles. The Labute approximate surface area is 104 Å². The summed E-state index contributed by atoms with van der Waals surface area (Å²) in [6.45, 7) is 2.25. The molecule has 0 atom stereocenters. The molecule has 5 heteroatoms. The van der Waals surface area contributed by atoms with Crippen LogP contribution in [0.1, 0.15) is 24.5 Å². The lowest BCUT2D eigenvalue weighted by atomic mass is 10.1. The molecule has 0 radical (unpaired) electrons. The van der Waals surface area contributed by atoms with Gasteiger partial charge in [-0.15, -0.1) is 0 Å². The average molecular weight is 264 g/mol. The fourth-order valence-electron chi connectivity index (χ4n) is 1.52. The van der Waals surface area contributed by atoms with Crippen molar-refractivity contribution in [1.82, 2.24) is 0 Å². The van der Waals surface area contributed by atoms with Gasteiger partial charge in [-0.25, -0.2) is 0 Å². The first-order chi connectivity index (χ1) is 7.99. The predicted octanol–water partition coefficient (Wildman–Crippen LogP) is 3.97. The lowest BCUT2D eigenvalue weighted by molar-refractivity contribution is -0.137. The Morgan fingerprint density at radius 1 is 1.29 bits per heavy atom. The molecule has 96 valence electrons. The summed E-state index contributed by atoms with van der Waals surface area (Å²) in [6, 6.07) is 3.60. The van der Waals surface area contributed by atoms with E-state index < -0.39 is 11.7 Å². The molecule has 0 fully saturated rings. The lowest BCUT2D eigenvalue weighted by Crippen LogP contribution is -2.07. The zero-order valence-electron chi connectivity index (χ0n) is 9.55. The van der Waals surface area contributed by atoms with Crippen molar-refractivity contribution in [2.75, 3.05) is 12.4 Å². The first-order valence-corrected chi connectivity index (χ1v) is 6.06. The van der Waals surface area contributed by atoms with Crippen LogP contribution in [0.4, 0.5) is 13.2 Å². The van der Waals surface area contributed by atoms with Crippen LogP contribution in [-0.4, -0.2) is 12.4 Å². The summed E-state index contributed by atoms with van der Waals surface area (Å²) in [7, 11) is 0. The molecule has 0 saturated carbocycles. The SMILES string of the molecule is CCOc1ccc(C(F)(F)F)cc1CCCS. The topological polar surface area (TPSA) is 9.23 Å². The molecule has 0 bridgehead atoms. The van der Waals surface area contributed by atoms with Gasteiger partial charge in [-0.2, -0.15) is 25.8 Å². The fraction of sp³-hybridized carbons (Fsp3) is 0.500. The third-order valence-electron chi connectivity index (χ3n) is 2.29. The largest absolute Gasteiger partial charge is 0.494 e. The van der Waals surface area contributed by atoms with E-state index >= 15 is 0 Å². The minimum atomic E-state index is -4.31. The highest BCUT2D eigenvalue weighted by molar-refractivity contribution is 7.80. The Morgan fingerprint density at radius 3 is 2.53 bits per heavy atom. The van der Waals surface area contributed by atoms with Crippen molar-refractivity contribution in [2.45, 2.75) is 25.9 Å². The van der Waals surface area contributed by atoms with Gasteiger partial charge < -0.3 is 4.74 Å². The molecule has 1 aromatic rings. The maximum absolute atomic E-state index is 12.6. The summed E-state index contributed by atoms with van der Waals surface area (Å²) in [5, 5.41) is 0. The minimum absolute atomic E-state index is 0.444. The molecular formula is C12H15F3OS. The molecule has 1 rings (SSSR count). The number of aryl methyl sites for hydroxylation is 1. The third-order valence-corrected chi connectivity index (χ3v) is 2.61. The van der Waals surface area contributed by atoms with Crippen LogP contribution < -0.4 is 4.74 Å². The maximum Gasteiger partial charge on any atom is 0.416 e. The molecule has 0 aliphatic rings. The molecule has 0 spiro atoms. The Bertz CT molecular complexity index is 363. The summed E-state index contributed by atoms with van der Waals surface area (Å²) in [5.41, 5.74) is -0.0363. The second-order valence-electron chi connectivity index (χ2n) is 3.58. The number of thiol groups is 1. The highest BCUT2D eigenvalue weighted by atomic mass is 32.1. The van der Waals surface area contributed by atoms with Crippen LogP contribution in [0.2, 0.25) is 0 Å². The van der Waals surface area contributed by atoms with E-state index in [1.807, 2.05) is 0 Å². The van der Waals surface area contributed by atoms with Crippen LogP contribution in [0.25, 0.3) is 0 Å². The van der Waals surface area contributed by atoms with Crippen molar-refractivity contribution in [3.63, 3.8) is 0 Å². The molecule has 0 aliphatic carbocycles. The molecule has 0 N–H and O–H groups in total. The second kappa shape index (κ2) is 6.19. The number of hydrogen-bond acceptors (Lipinski definition) is 2. The first kappa shape index (κ1) is 14.2. The normalized spacial score (nSPS) is 11.6. The average Bonchev–Trinajstić information content (AvgIpc) is 2.26. The van der Waals surface area contributed by atoms with E-state index in [1.165, 1.54) is 6.07 Å². The van der Waals surface area contributed by atoms with Gasteiger partial charge in [0, 0.05) is 0 Å². The zero-order valence-corrected chi connectivity index (χ0v) is 10.4. The molecule has 0 amide bonds. The molecule has 0 saturated heterocycles. The van der Waals surface area contributed by atoms with E-state index in [2.05, 4.69) is 12.6 Å². The van der Waals surface area contributed by atoms with Gasteiger partial charge in [-0.05, 0) is 49.3 Å². The number of alkyl halides is 3. The summed E-state index contributed by atoms with van der Waals surface area (Å²) in [5.74, 6) is 1.17. The molecule has 1 aromatic carbocycles. The Balaban J connectivity index is 3.01. The van der Waals surface area contributed by atoms with Crippen molar-refractivity contribution in [3.8, 4) is 5.75 Å². The van der Waals surface area contributed by atoms with Crippen LogP contribution in [0.5, 0.6) is 5.75 Å².